The Morgan fingerprint density at radius 3 is 0.835 bits per heavy atom. The minimum absolute atomic E-state index is 0.0840. The molecule has 0 spiro atoms. The topological polar surface area (TPSA) is 237 Å². The van der Waals surface area contributed by atoms with E-state index >= 15 is 0 Å². The monoisotopic (exact) mass is 1420 g/mol. The summed E-state index contributed by atoms with van der Waals surface area (Å²) in [6, 6.07) is 0. The molecule has 0 rings (SSSR count). The molecule has 19 heteroatoms. The molecule has 3 N–H and O–H groups in total. The second-order valence-corrected chi connectivity index (χ2v) is 31.7. The number of phosphoric acid groups is 2. The van der Waals surface area contributed by atoms with E-state index in [0.29, 0.717) is 31.6 Å². The Balaban J connectivity index is 5.27. The summed E-state index contributed by atoms with van der Waals surface area (Å²) < 4.78 is 68.5. The van der Waals surface area contributed by atoms with Crippen LogP contribution in [0.3, 0.4) is 0 Å². The Morgan fingerprint density at radius 2 is 0.557 bits per heavy atom. The first-order valence-electron chi connectivity index (χ1n) is 39.7. The number of carbonyl (C=O) groups is 4. The van der Waals surface area contributed by atoms with Gasteiger partial charge in [0.25, 0.3) is 0 Å². The van der Waals surface area contributed by atoms with Crippen LogP contribution in [0.15, 0.2) is 24.3 Å². The van der Waals surface area contributed by atoms with Crippen LogP contribution < -0.4 is 0 Å². The van der Waals surface area contributed by atoms with Crippen molar-refractivity contribution in [2.75, 3.05) is 39.6 Å². The van der Waals surface area contributed by atoms with Crippen LogP contribution in [0, 0.1) is 17.8 Å². The molecule has 0 amide bonds. The summed E-state index contributed by atoms with van der Waals surface area (Å²) in [4.78, 5) is 72.8. The fourth-order valence-electron chi connectivity index (χ4n) is 11.4. The van der Waals surface area contributed by atoms with E-state index in [0.717, 1.165) is 121 Å². The quantitative estimate of drug-likeness (QED) is 0.0169. The zero-order valence-electron chi connectivity index (χ0n) is 63.0. The van der Waals surface area contributed by atoms with Crippen molar-refractivity contribution >= 4 is 39.5 Å². The van der Waals surface area contributed by atoms with Crippen molar-refractivity contribution in [3.05, 3.63) is 24.3 Å². The predicted molar refractivity (Wildman–Crippen MR) is 395 cm³/mol. The number of rotatable bonds is 74. The number of unbranched alkanes of at least 4 members (excludes halogenated alkanes) is 39. The molecular weight excluding hydrogens is 1270 g/mol. The summed E-state index contributed by atoms with van der Waals surface area (Å²) in [5, 5.41) is 10.6. The molecule has 0 bridgehead atoms. The van der Waals surface area contributed by atoms with Crippen LogP contribution in [0.4, 0.5) is 0 Å². The smallest absolute Gasteiger partial charge is 0.462 e. The maximum Gasteiger partial charge on any atom is 0.472 e. The summed E-state index contributed by atoms with van der Waals surface area (Å²) in [5.41, 5.74) is 0. The maximum absolute atomic E-state index is 13.1. The van der Waals surface area contributed by atoms with E-state index in [2.05, 4.69) is 72.8 Å². The van der Waals surface area contributed by atoms with Gasteiger partial charge in [-0.2, -0.15) is 0 Å². The molecule has 0 fully saturated rings. The third kappa shape index (κ3) is 71.7. The summed E-state index contributed by atoms with van der Waals surface area (Å²) in [6.07, 6.45) is 57.8. The first-order chi connectivity index (χ1) is 46.7. The molecule has 572 valence electrons. The van der Waals surface area contributed by atoms with Gasteiger partial charge in [0.05, 0.1) is 26.4 Å². The van der Waals surface area contributed by atoms with Gasteiger partial charge in [-0.15, -0.1) is 0 Å². The summed E-state index contributed by atoms with van der Waals surface area (Å²) in [6.45, 7) is 11.8. The van der Waals surface area contributed by atoms with Gasteiger partial charge in [-0.1, -0.05) is 323 Å². The third-order valence-corrected chi connectivity index (χ3v) is 19.4. The van der Waals surface area contributed by atoms with Gasteiger partial charge in [0.15, 0.2) is 12.2 Å². The molecule has 0 aliphatic rings. The molecule has 0 aromatic heterocycles. The summed E-state index contributed by atoms with van der Waals surface area (Å²) in [7, 11) is -9.93. The van der Waals surface area contributed by atoms with Crippen molar-refractivity contribution in [1.82, 2.24) is 0 Å². The van der Waals surface area contributed by atoms with Crippen LogP contribution in [0.5, 0.6) is 0 Å². The minimum atomic E-state index is -4.96. The van der Waals surface area contributed by atoms with Crippen molar-refractivity contribution in [2.24, 2.45) is 17.8 Å². The Labute approximate surface area is 592 Å². The number of esters is 4. The molecule has 0 aliphatic carbocycles. The number of phosphoric ester groups is 2. The lowest BCUT2D eigenvalue weighted by molar-refractivity contribution is -0.161. The number of hydrogen-bond acceptors (Lipinski definition) is 15. The SMILES string of the molecule is CCCCCC/C=C\C=C/CCCCCCCC(=O)O[C@H](COC(=O)CCCCCCCCCC(C)C)COP(=O)(O)OCC(O)COP(=O)(O)OC[C@@H](COC(=O)CCCCCCCCCCCCC(C)C)OC(=O)CCCCCCCCCCCCCCCCCCC(C)C. The van der Waals surface area contributed by atoms with Gasteiger partial charge >= 0.3 is 39.5 Å². The molecule has 0 radical (unpaired) electrons. The molecule has 0 aromatic carbocycles. The number of allylic oxidation sites excluding steroid dienone is 4. The Kier molecular flexibility index (Phi) is 66.3. The van der Waals surface area contributed by atoms with Gasteiger partial charge in [0.1, 0.15) is 19.3 Å². The number of ether oxygens (including phenoxy) is 4. The van der Waals surface area contributed by atoms with Gasteiger partial charge < -0.3 is 33.8 Å². The van der Waals surface area contributed by atoms with E-state index in [1.165, 1.54) is 167 Å². The van der Waals surface area contributed by atoms with E-state index in [9.17, 15) is 43.2 Å². The van der Waals surface area contributed by atoms with Crippen LogP contribution in [0.1, 0.15) is 376 Å². The Hall–Kier alpha value is -2.46. The lowest BCUT2D eigenvalue weighted by atomic mass is 10.0. The third-order valence-electron chi connectivity index (χ3n) is 17.5. The lowest BCUT2D eigenvalue weighted by Gasteiger charge is -2.21. The van der Waals surface area contributed by atoms with Gasteiger partial charge in [-0.25, -0.2) is 9.13 Å². The highest BCUT2D eigenvalue weighted by molar-refractivity contribution is 7.47. The highest BCUT2D eigenvalue weighted by atomic mass is 31.2. The lowest BCUT2D eigenvalue weighted by Crippen LogP contribution is -2.30. The van der Waals surface area contributed by atoms with Crippen LogP contribution >= 0.6 is 15.6 Å². The van der Waals surface area contributed by atoms with Crippen LogP contribution in [-0.2, 0) is 65.4 Å². The number of aliphatic hydroxyl groups excluding tert-OH is 1. The van der Waals surface area contributed by atoms with Crippen molar-refractivity contribution in [3.8, 4) is 0 Å². The van der Waals surface area contributed by atoms with E-state index in [4.69, 9.17) is 37.0 Å². The summed E-state index contributed by atoms with van der Waals surface area (Å²) in [5.74, 6) is 0.120. The van der Waals surface area contributed by atoms with Gasteiger partial charge in [-0.3, -0.25) is 37.3 Å². The van der Waals surface area contributed by atoms with Crippen LogP contribution in [0.25, 0.3) is 0 Å². The highest BCUT2D eigenvalue weighted by Crippen LogP contribution is 2.45. The average Bonchev–Trinajstić information content (AvgIpc) is 1.18. The summed E-state index contributed by atoms with van der Waals surface area (Å²) >= 11 is 0. The molecule has 0 heterocycles. The van der Waals surface area contributed by atoms with Crippen molar-refractivity contribution in [1.29, 1.82) is 0 Å². The number of carbonyl (C=O) groups excluding carboxylic acids is 4. The second-order valence-electron chi connectivity index (χ2n) is 28.8. The maximum atomic E-state index is 13.1. The fourth-order valence-corrected chi connectivity index (χ4v) is 13.0. The largest absolute Gasteiger partial charge is 0.472 e. The van der Waals surface area contributed by atoms with E-state index < -0.39 is 97.5 Å². The zero-order chi connectivity index (χ0) is 71.6. The minimum Gasteiger partial charge on any atom is -0.462 e. The van der Waals surface area contributed by atoms with E-state index in [1.54, 1.807) is 0 Å². The second kappa shape index (κ2) is 68.0. The van der Waals surface area contributed by atoms with Crippen molar-refractivity contribution < 1.29 is 80.2 Å². The molecule has 0 aliphatic heterocycles. The Morgan fingerprint density at radius 1 is 0.320 bits per heavy atom. The Bertz CT molecular complexity index is 1980. The number of hydrogen-bond donors (Lipinski definition) is 3. The van der Waals surface area contributed by atoms with Gasteiger partial charge in [-0.05, 0) is 69.1 Å². The fraction of sp³-hybridized carbons (Fsp3) is 0.897. The molecule has 0 saturated heterocycles. The van der Waals surface area contributed by atoms with Gasteiger partial charge in [0.2, 0.25) is 0 Å². The van der Waals surface area contributed by atoms with E-state index in [-0.39, 0.29) is 25.7 Å². The first kappa shape index (κ1) is 94.5. The molecule has 3 unspecified atom stereocenters. The average molecular weight is 1420 g/mol. The van der Waals surface area contributed by atoms with Crippen molar-refractivity contribution in [2.45, 2.75) is 394 Å². The zero-order valence-corrected chi connectivity index (χ0v) is 64.8. The molecular formula is C78H148O17P2. The molecule has 97 heavy (non-hydrogen) atoms. The standard InChI is InChI=1S/C78H148O17P2/c1-8-9-10-11-12-13-14-15-18-22-25-32-39-47-54-61-78(83)95-74(66-89-76(81)60-53-46-41-34-37-44-51-58-71(6)7)68-93-97(86,87)91-64-72(79)63-90-96(84,85)92-67-73(65-88-75(80)59-52-45-38-31-28-27-30-36-43-50-57-70(4)5)94-77(82)62-55-48-40-33-26-23-20-17-16-19-21-24-29-35-42-49-56-69(2)3/h13-15,18,69-74,79H,8-12,16-17,19-68H2,1-7H3,(H,84,85)(H,86,87)/b14-13-,18-15-/t72?,73-,74-/m1/s1. The highest BCUT2D eigenvalue weighted by Gasteiger charge is 2.30. The van der Waals surface area contributed by atoms with Crippen LogP contribution in [-0.4, -0.2) is 96.7 Å². The first-order valence-corrected chi connectivity index (χ1v) is 42.7. The van der Waals surface area contributed by atoms with E-state index in [1.807, 2.05) is 0 Å². The van der Waals surface area contributed by atoms with Crippen molar-refractivity contribution in [3.63, 3.8) is 0 Å². The molecule has 0 saturated carbocycles. The molecule has 5 atom stereocenters. The van der Waals surface area contributed by atoms with Crippen LogP contribution in [0.2, 0.25) is 0 Å². The molecule has 17 nitrogen and oxygen atoms in total. The normalized spacial score (nSPS) is 14.2. The number of aliphatic hydroxyl groups is 1. The predicted octanol–water partition coefficient (Wildman–Crippen LogP) is 22.5. The van der Waals surface area contributed by atoms with Gasteiger partial charge in [0, 0.05) is 25.7 Å². The molecule has 0 aromatic rings.